The standard InChI is InChI=1S/C7H12N2O3S/c8-6(13)1-7(12)9-2-4(10)5(11)3-9/h4-5,10-11H,1-3H2,(H2,8,13). The van der Waals surface area contributed by atoms with Crippen molar-refractivity contribution >= 4 is 23.1 Å². The van der Waals surface area contributed by atoms with Crippen LogP contribution in [0.25, 0.3) is 0 Å². The third kappa shape index (κ3) is 2.61. The molecule has 0 aromatic rings. The zero-order valence-corrected chi connectivity index (χ0v) is 7.83. The predicted octanol–water partition coefficient (Wildman–Crippen LogP) is -1.77. The van der Waals surface area contributed by atoms with Gasteiger partial charge in [-0.25, -0.2) is 0 Å². The van der Waals surface area contributed by atoms with Crippen molar-refractivity contribution in [3.8, 4) is 0 Å². The van der Waals surface area contributed by atoms with E-state index in [1.165, 1.54) is 4.90 Å². The molecule has 0 bridgehead atoms. The van der Waals surface area contributed by atoms with Crippen LogP contribution in [0.3, 0.4) is 0 Å². The van der Waals surface area contributed by atoms with Crippen LogP contribution in [0.5, 0.6) is 0 Å². The molecule has 74 valence electrons. The summed E-state index contributed by atoms with van der Waals surface area (Å²) in [6.07, 6.45) is -1.71. The molecule has 0 aromatic heterocycles. The van der Waals surface area contributed by atoms with Crippen molar-refractivity contribution in [3.63, 3.8) is 0 Å². The summed E-state index contributed by atoms with van der Waals surface area (Å²) >= 11 is 4.57. The number of thiocarbonyl (C=S) groups is 1. The van der Waals surface area contributed by atoms with Crippen molar-refractivity contribution in [2.75, 3.05) is 13.1 Å². The Kier molecular flexibility index (Phi) is 3.18. The van der Waals surface area contributed by atoms with Gasteiger partial charge in [0.05, 0.1) is 23.6 Å². The molecule has 2 atom stereocenters. The normalized spacial score (nSPS) is 27.7. The van der Waals surface area contributed by atoms with Gasteiger partial charge in [0.1, 0.15) is 0 Å². The maximum absolute atomic E-state index is 11.3. The van der Waals surface area contributed by atoms with Crippen LogP contribution >= 0.6 is 12.2 Å². The average Bonchev–Trinajstić information content (AvgIpc) is 2.31. The number of hydrogen-bond acceptors (Lipinski definition) is 4. The maximum atomic E-state index is 11.3. The molecule has 1 heterocycles. The summed E-state index contributed by atoms with van der Waals surface area (Å²) in [4.78, 5) is 12.8. The number of aliphatic hydroxyl groups is 2. The van der Waals surface area contributed by atoms with Crippen LogP contribution in [0.1, 0.15) is 6.42 Å². The van der Waals surface area contributed by atoms with Gasteiger partial charge in [-0.05, 0) is 0 Å². The highest BCUT2D eigenvalue weighted by Crippen LogP contribution is 2.10. The second-order valence-corrected chi connectivity index (χ2v) is 3.60. The second kappa shape index (κ2) is 3.99. The Labute approximate surface area is 81.1 Å². The number of rotatable bonds is 2. The minimum Gasteiger partial charge on any atom is -0.393 e. The third-order valence-electron chi connectivity index (χ3n) is 1.94. The molecule has 0 aliphatic carbocycles. The molecule has 1 saturated heterocycles. The highest BCUT2D eigenvalue weighted by molar-refractivity contribution is 7.80. The lowest BCUT2D eigenvalue weighted by molar-refractivity contribution is -0.129. The van der Waals surface area contributed by atoms with E-state index >= 15 is 0 Å². The van der Waals surface area contributed by atoms with Gasteiger partial charge in [0.2, 0.25) is 5.91 Å². The molecule has 0 aromatic carbocycles. The number of nitrogens with zero attached hydrogens (tertiary/aromatic N) is 1. The van der Waals surface area contributed by atoms with E-state index in [9.17, 15) is 4.79 Å². The lowest BCUT2D eigenvalue weighted by atomic mass is 10.3. The van der Waals surface area contributed by atoms with E-state index in [1.807, 2.05) is 0 Å². The molecule has 6 heteroatoms. The molecule has 0 saturated carbocycles. The monoisotopic (exact) mass is 204 g/mol. The van der Waals surface area contributed by atoms with Gasteiger partial charge in [-0.2, -0.15) is 0 Å². The second-order valence-electron chi connectivity index (χ2n) is 3.08. The minimum atomic E-state index is -0.852. The molecule has 1 aliphatic heterocycles. The number of β-amino-alcohol motifs (C(OH)–C–C–N with tert-alkyl or cyclic N) is 2. The lowest BCUT2D eigenvalue weighted by Gasteiger charge is -2.14. The maximum Gasteiger partial charge on any atom is 0.229 e. The Morgan fingerprint density at radius 2 is 1.92 bits per heavy atom. The first-order valence-electron chi connectivity index (χ1n) is 3.93. The van der Waals surface area contributed by atoms with Crippen molar-refractivity contribution in [1.82, 2.24) is 4.90 Å². The largest absolute Gasteiger partial charge is 0.393 e. The number of carbonyl (C=O) groups excluding carboxylic acids is 1. The first-order chi connectivity index (χ1) is 6.00. The van der Waals surface area contributed by atoms with E-state index in [-0.39, 0.29) is 30.4 Å². The topological polar surface area (TPSA) is 86.8 Å². The molecule has 2 unspecified atom stereocenters. The molecule has 0 spiro atoms. The van der Waals surface area contributed by atoms with Gasteiger partial charge in [-0.3, -0.25) is 4.79 Å². The van der Waals surface area contributed by atoms with Crippen molar-refractivity contribution in [1.29, 1.82) is 0 Å². The third-order valence-corrected chi connectivity index (χ3v) is 2.08. The molecule has 5 nitrogen and oxygen atoms in total. The number of carbonyl (C=O) groups is 1. The quantitative estimate of drug-likeness (QED) is 0.463. The van der Waals surface area contributed by atoms with Gasteiger partial charge in [0.25, 0.3) is 0 Å². The van der Waals surface area contributed by atoms with Crippen molar-refractivity contribution in [2.45, 2.75) is 18.6 Å². The fraction of sp³-hybridized carbons (Fsp3) is 0.714. The molecular formula is C7H12N2O3S. The first kappa shape index (κ1) is 10.4. The Morgan fingerprint density at radius 1 is 1.46 bits per heavy atom. The molecule has 13 heavy (non-hydrogen) atoms. The number of aliphatic hydroxyl groups excluding tert-OH is 2. The minimum absolute atomic E-state index is 0.00519. The summed E-state index contributed by atoms with van der Waals surface area (Å²) in [7, 11) is 0. The molecule has 4 N–H and O–H groups in total. The van der Waals surface area contributed by atoms with Gasteiger partial charge in [-0.15, -0.1) is 0 Å². The smallest absolute Gasteiger partial charge is 0.229 e. The average molecular weight is 204 g/mol. The summed E-state index contributed by atoms with van der Waals surface area (Å²) < 4.78 is 0. The number of amides is 1. The van der Waals surface area contributed by atoms with E-state index in [4.69, 9.17) is 15.9 Å². The molecule has 1 rings (SSSR count). The van der Waals surface area contributed by atoms with Crippen LogP contribution in [0, 0.1) is 0 Å². The van der Waals surface area contributed by atoms with Crippen LogP contribution in [-0.4, -0.2) is 51.3 Å². The Morgan fingerprint density at radius 3 is 2.31 bits per heavy atom. The highest BCUT2D eigenvalue weighted by Gasteiger charge is 2.32. The number of nitrogens with two attached hydrogens (primary N) is 1. The van der Waals surface area contributed by atoms with Gasteiger partial charge in [0, 0.05) is 13.1 Å². The van der Waals surface area contributed by atoms with E-state index in [0.717, 1.165) is 0 Å². The Hall–Kier alpha value is -0.720. The summed E-state index contributed by atoms with van der Waals surface area (Å²) in [6, 6.07) is 0. The lowest BCUT2D eigenvalue weighted by Crippen LogP contribution is -2.32. The Balaban J connectivity index is 2.46. The predicted molar refractivity (Wildman–Crippen MR) is 50.0 cm³/mol. The molecule has 1 aliphatic rings. The van der Waals surface area contributed by atoms with Gasteiger partial charge in [-0.1, -0.05) is 12.2 Å². The van der Waals surface area contributed by atoms with Crippen LogP contribution in [-0.2, 0) is 4.79 Å². The Bertz CT molecular complexity index is 224. The SMILES string of the molecule is NC(=S)CC(=O)N1CC(O)C(O)C1. The zero-order chi connectivity index (χ0) is 10.0. The van der Waals surface area contributed by atoms with Crippen molar-refractivity contribution in [3.05, 3.63) is 0 Å². The summed E-state index contributed by atoms with van der Waals surface area (Å²) in [5.41, 5.74) is 5.19. The summed E-state index contributed by atoms with van der Waals surface area (Å²) in [6.45, 7) is 0.311. The van der Waals surface area contributed by atoms with Crippen molar-refractivity contribution in [2.24, 2.45) is 5.73 Å². The van der Waals surface area contributed by atoms with E-state index < -0.39 is 12.2 Å². The first-order valence-corrected chi connectivity index (χ1v) is 4.33. The van der Waals surface area contributed by atoms with E-state index in [0.29, 0.717) is 0 Å². The van der Waals surface area contributed by atoms with Crippen LogP contribution in [0.2, 0.25) is 0 Å². The number of hydrogen-bond donors (Lipinski definition) is 3. The zero-order valence-electron chi connectivity index (χ0n) is 7.01. The molecule has 1 amide bonds. The van der Waals surface area contributed by atoms with Crippen LogP contribution in [0.15, 0.2) is 0 Å². The molecule has 1 fully saturated rings. The fourth-order valence-electron chi connectivity index (χ4n) is 1.23. The van der Waals surface area contributed by atoms with Crippen LogP contribution < -0.4 is 5.73 Å². The summed E-state index contributed by atoms with van der Waals surface area (Å²) in [5.74, 6) is -0.247. The van der Waals surface area contributed by atoms with Crippen LogP contribution in [0.4, 0.5) is 0 Å². The summed E-state index contributed by atoms with van der Waals surface area (Å²) in [5, 5.41) is 18.3. The molecule has 0 radical (unpaired) electrons. The molecular weight excluding hydrogens is 192 g/mol. The number of likely N-dealkylation sites (tertiary alicyclic amines) is 1. The fourth-order valence-corrected chi connectivity index (χ4v) is 1.36. The highest BCUT2D eigenvalue weighted by atomic mass is 32.1. The van der Waals surface area contributed by atoms with Gasteiger partial charge >= 0.3 is 0 Å². The van der Waals surface area contributed by atoms with Crippen molar-refractivity contribution < 1.29 is 15.0 Å². The van der Waals surface area contributed by atoms with Gasteiger partial charge < -0.3 is 20.8 Å². The van der Waals surface area contributed by atoms with Gasteiger partial charge in [0.15, 0.2) is 0 Å². The van der Waals surface area contributed by atoms with E-state index in [2.05, 4.69) is 12.2 Å². The van der Waals surface area contributed by atoms with E-state index in [1.54, 1.807) is 0 Å².